The average Bonchev–Trinajstić information content (AvgIpc) is 3.09. The van der Waals surface area contributed by atoms with E-state index < -0.39 is 0 Å². The highest BCUT2D eigenvalue weighted by atomic mass is 16.5. The van der Waals surface area contributed by atoms with E-state index in [2.05, 4.69) is 10.3 Å². The summed E-state index contributed by atoms with van der Waals surface area (Å²) in [5, 5.41) is 3.49. The zero-order chi connectivity index (χ0) is 16.8. The Morgan fingerprint density at radius 1 is 1.25 bits per heavy atom. The van der Waals surface area contributed by atoms with Gasteiger partial charge in [-0.25, -0.2) is 4.98 Å². The number of hydrogen-bond donors (Lipinski definition) is 2. The Morgan fingerprint density at radius 2 is 2.17 bits per heavy atom. The Hall–Kier alpha value is -2.27. The van der Waals surface area contributed by atoms with Crippen LogP contribution in [0.5, 0.6) is 11.5 Å². The quantitative estimate of drug-likeness (QED) is 0.817. The van der Waals surface area contributed by atoms with Crippen molar-refractivity contribution in [2.45, 2.75) is 32.2 Å². The lowest BCUT2D eigenvalue weighted by molar-refractivity contribution is 0.288. The molecule has 1 atom stereocenters. The van der Waals surface area contributed by atoms with E-state index in [1.165, 1.54) is 12.8 Å². The third-order valence-corrected chi connectivity index (χ3v) is 4.20. The Labute approximate surface area is 143 Å². The molecule has 5 nitrogen and oxygen atoms in total. The van der Waals surface area contributed by atoms with Crippen molar-refractivity contribution < 1.29 is 9.47 Å². The fourth-order valence-corrected chi connectivity index (χ4v) is 3.00. The maximum Gasteiger partial charge on any atom is 0.132 e. The molecule has 1 unspecified atom stereocenters. The highest BCUT2D eigenvalue weighted by Crippen LogP contribution is 2.33. The van der Waals surface area contributed by atoms with E-state index in [-0.39, 0.29) is 0 Å². The lowest BCUT2D eigenvalue weighted by Gasteiger charge is -2.14. The van der Waals surface area contributed by atoms with Gasteiger partial charge in [0.25, 0.3) is 0 Å². The molecule has 1 aliphatic heterocycles. The van der Waals surface area contributed by atoms with Crippen LogP contribution in [0.25, 0.3) is 11.3 Å². The second kappa shape index (κ2) is 8.02. The molecule has 0 aliphatic carbocycles. The van der Waals surface area contributed by atoms with Gasteiger partial charge in [0.1, 0.15) is 17.3 Å². The Balaban J connectivity index is 1.71. The van der Waals surface area contributed by atoms with Gasteiger partial charge in [-0.2, -0.15) is 0 Å². The molecule has 3 N–H and O–H groups in total. The van der Waals surface area contributed by atoms with Gasteiger partial charge in [0.2, 0.25) is 0 Å². The van der Waals surface area contributed by atoms with Crippen molar-refractivity contribution in [1.29, 1.82) is 0 Å². The Kier molecular flexibility index (Phi) is 5.54. The van der Waals surface area contributed by atoms with Crippen LogP contribution in [0.3, 0.4) is 0 Å². The molecular weight excluding hydrogens is 302 g/mol. The zero-order valence-corrected chi connectivity index (χ0v) is 14.1. The van der Waals surface area contributed by atoms with Crippen LogP contribution in [0.2, 0.25) is 0 Å². The zero-order valence-electron chi connectivity index (χ0n) is 14.1. The third kappa shape index (κ3) is 4.17. The topological polar surface area (TPSA) is 69.4 Å². The van der Waals surface area contributed by atoms with Crippen LogP contribution < -0.4 is 20.5 Å². The van der Waals surface area contributed by atoms with Crippen molar-refractivity contribution in [3.63, 3.8) is 0 Å². The number of benzene rings is 1. The van der Waals surface area contributed by atoms with Crippen LogP contribution in [0.1, 0.15) is 26.2 Å². The second-order valence-corrected chi connectivity index (χ2v) is 5.97. The molecule has 5 heteroatoms. The molecule has 0 saturated carbocycles. The number of nitrogen functional groups attached to an aromatic ring is 1. The summed E-state index contributed by atoms with van der Waals surface area (Å²) >= 11 is 0. The normalized spacial score (nSPS) is 17.0. The van der Waals surface area contributed by atoms with E-state index in [0.29, 0.717) is 25.1 Å². The number of pyridine rings is 1. The maximum atomic E-state index is 5.90. The number of nitrogens with zero attached hydrogens (tertiary/aromatic N) is 1. The number of ether oxygens (including phenoxy) is 2. The molecule has 0 radical (unpaired) electrons. The van der Waals surface area contributed by atoms with Crippen LogP contribution in [0.4, 0.5) is 5.82 Å². The van der Waals surface area contributed by atoms with E-state index in [9.17, 15) is 0 Å². The van der Waals surface area contributed by atoms with Gasteiger partial charge in [0.05, 0.1) is 18.9 Å². The fourth-order valence-electron chi connectivity index (χ4n) is 3.00. The van der Waals surface area contributed by atoms with E-state index in [1.54, 1.807) is 6.07 Å². The van der Waals surface area contributed by atoms with Gasteiger partial charge < -0.3 is 20.5 Å². The van der Waals surface area contributed by atoms with Crippen LogP contribution in [0, 0.1) is 0 Å². The first kappa shape index (κ1) is 16.6. The van der Waals surface area contributed by atoms with Crippen molar-refractivity contribution >= 4 is 5.82 Å². The van der Waals surface area contributed by atoms with Crippen LogP contribution in [-0.4, -0.2) is 30.8 Å². The van der Waals surface area contributed by atoms with Gasteiger partial charge in [0, 0.05) is 17.7 Å². The van der Waals surface area contributed by atoms with E-state index in [0.717, 1.165) is 35.7 Å². The largest absolute Gasteiger partial charge is 0.493 e. The number of anilines is 1. The predicted octanol–water partition coefficient (Wildman–Crippen LogP) is 3.25. The van der Waals surface area contributed by atoms with Crippen LogP contribution >= 0.6 is 0 Å². The van der Waals surface area contributed by atoms with Gasteiger partial charge in [-0.05, 0) is 57.0 Å². The minimum Gasteiger partial charge on any atom is -0.493 e. The molecule has 3 rings (SSSR count). The first-order valence-electron chi connectivity index (χ1n) is 8.62. The van der Waals surface area contributed by atoms with Gasteiger partial charge in [-0.15, -0.1) is 0 Å². The number of nitrogens with one attached hydrogen (secondary N) is 1. The smallest absolute Gasteiger partial charge is 0.132 e. The highest BCUT2D eigenvalue weighted by molar-refractivity contribution is 5.69. The van der Waals surface area contributed by atoms with E-state index in [4.69, 9.17) is 15.2 Å². The number of aromatic nitrogens is 1. The van der Waals surface area contributed by atoms with Crippen molar-refractivity contribution in [1.82, 2.24) is 10.3 Å². The molecule has 0 bridgehead atoms. The van der Waals surface area contributed by atoms with Crippen molar-refractivity contribution in [3.8, 4) is 22.8 Å². The summed E-state index contributed by atoms with van der Waals surface area (Å²) in [6, 6.07) is 12.1. The molecule has 0 amide bonds. The van der Waals surface area contributed by atoms with Crippen molar-refractivity contribution in [3.05, 3.63) is 36.4 Å². The summed E-state index contributed by atoms with van der Waals surface area (Å²) in [5.41, 5.74) is 7.52. The average molecular weight is 327 g/mol. The summed E-state index contributed by atoms with van der Waals surface area (Å²) in [6.07, 6.45) is 3.54. The van der Waals surface area contributed by atoms with Crippen LogP contribution in [-0.2, 0) is 0 Å². The molecule has 1 saturated heterocycles. The molecular formula is C19H25N3O2. The second-order valence-electron chi connectivity index (χ2n) is 5.97. The summed E-state index contributed by atoms with van der Waals surface area (Å²) in [5.74, 6) is 2.09. The predicted molar refractivity (Wildman–Crippen MR) is 96.4 cm³/mol. The monoisotopic (exact) mass is 327 g/mol. The maximum absolute atomic E-state index is 5.90. The van der Waals surface area contributed by atoms with E-state index in [1.807, 2.05) is 37.3 Å². The Morgan fingerprint density at radius 3 is 2.92 bits per heavy atom. The molecule has 0 spiro atoms. The summed E-state index contributed by atoms with van der Waals surface area (Å²) in [7, 11) is 0. The van der Waals surface area contributed by atoms with Crippen LogP contribution in [0.15, 0.2) is 36.4 Å². The highest BCUT2D eigenvalue weighted by Gasteiger charge is 2.14. The third-order valence-electron chi connectivity index (χ3n) is 4.20. The molecule has 24 heavy (non-hydrogen) atoms. The summed E-state index contributed by atoms with van der Waals surface area (Å²) < 4.78 is 11.7. The number of rotatable bonds is 7. The van der Waals surface area contributed by atoms with E-state index >= 15 is 0 Å². The molecule has 128 valence electrons. The SMILES string of the molecule is CCOc1cc(OCCC2CCCN2)ccc1-c1cccc(N)n1. The minimum atomic E-state index is 0.499. The van der Waals surface area contributed by atoms with Crippen molar-refractivity contribution in [2.24, 2.45) is 0 Å². The molecule has 1 aromatic heterocycles. The van der Waals surface area contributed by atoms with Gasteiger partial charge in [0.15, 0.2) is 0 Å². The molecule has 2 aromatic rings. The van der Waals surface area contributed by atoms with Gasteiger partial charge in [-0.1, -0.05) is 6.07 Å². The van der Waals surface area contributed by atoms with Gasteiger partial charge >= 0.3 is 0 Å². The standard InChI is InChI=1S/C19H25N3O2/c1-2-23-18-13-15(24-12-10-14-5-4-11-21-14)8-9-16(18)17-6-3-7-19(20)22-17/h3,6-9,13-14,21H,2,4-5,10-12H2,1H3,(H2,20,22). The molecule has 2 heterocycles. The lowest BCUT2D eigenvalue weighted by atomic mass is 10.1. The fraction of sp³-hybridized carbons (Fsp3) is 0.421. The molecule has 1 fully saturated rings. The summed E-state index contributed by atoms with van der Waals surface area (Å²) in [4.78, 5) is 4.38. The molecule has 1 aromatic carbocycles. The minimum absolute atomic E-state index is 0.499. The van der Waals surface area contributed by atoms with Crippen molar-refractivity contribution in [2.75, 3.05) is 25.5 Å². The Bertz CT molecular complexity index is 669. The number of hydrogen-bond acceptors (Lipinski definition) is 5. The van der Waals surface area contributed by atoms with Gasteiger partial charge in [-0.3, -0.25) is 0 Å². The number of nitrogens with two attached hydrogens (primary N) is 1. The first-order valence-corrected chi connectivity index (χ1v) is 8.62. The first-order chi connectivity index (χ1) is 11.8. The molecule has 1 aliphatic rings. The summed E-state index contributed by atoms with van der Waals surface area (Å²) in [6.45, 7) is 4.39. The lowest BCUT2D eigenvalue weighted by Crippen LogP contribution is -2.23.